The summed E-state index contributed by atoms with van der Waals surface area (Å²) in [6.07, 6.45) is -1.00. The molecule has 0 aliphatic rings. The molecule has 2 N–H and O–H groups in total. The zero-order chi connectivity index (χ0) is 23.5. The molecule has 0 aliphatic carbocycles. The van der Waals surface area contributed by atoms with E-state index in [1.165, 1.54) is 19.9 Å². The van der Waals surface area contributed by atoms with Crippen LogP contribution in [0.15, 0.2) is 66.7 Å². The molecule has 1 heterocycles. The number of aromatic nitrogens is 1. The molecular weight excluding hydrogens is 418 g/mol. The lowest BCUT2D eigenvalue weighted by Crippen LogP contribution is -2.30. The lowest BCUT2D eigenvalue weighted by Gasteiger charge is -2.14. The first-order valence-electron chi connectivity index (χ1n) is 10.8. The van der Waals surface area contributed by atoms with Crippen molar-refractivity contribution in [3.63, 3.8) is 0 Å². The Morgan fingerprint density at radius 2 is 1.61 bits per heavy atom. The van der Waals surface area contributed by atoms with Crippen molar-refractivity contribution in [2.45, 2.75) is 33.4 Å². The topological polar surface area (TPSA) is 89.4 Å². The summed E-state index contributed by atoms with van der Waals surface area (Å²) in [5.74, 6) is -1.32. The average Bonchev–Trinajstić information content (AvgIpc) is 3.11. The number of amides is 2. The van der Waals surface area contributed by atoms with Crippen LogP contribution >= 0.6 is 0 Å². The van der Waals surface area contributed by atoms with Crippen molar-refractivity contribution in [2.24, 2.45) is 0 Å². The number of esters is 1. The van der Waals surface area contributed by atoms with E-state index >= 15 is 0 Å². The number of nitrogens with zero attached hydrogens (tertiary/aromatic N) is 1. The van der Waals surface area contributed by atoms with Gasteiger partial charge in [0.05, 0.1) is 5.56 Å². The van der Waals surface area contributed by atoms with E-state index in [0.29, 0.717) is 11.4 Å². The number of carbonyl (C=O) groups excluding carboxylic acids is 3. The standard InChI is InChI=1S/C26H25N3O4/c1-4-29-23-11-6-5-10-21(23)22-15-20(12-13-24(22)29)28-25(31)16(2)33-26(32)18-8-7-9-19(14-18)27-17(3)30/h5-16H,4H2,1-3H3,(H,27,30)(H,28,31). The molecule has 0 saturated heterocycles. The summed E-state index contributed by atoms with van der Waals surface area (Å²) in [5, 5.41) is 7.61. The lowest BCUT2D eigenvalue weighted by atomic mass is 10.1. The first-order chi connectivity index (χ1) is 15.9. The molecule has 0 spiro atoms. The van der Waals surface area contributed by atoms with Crippen molar-refractivity contribution in [2.75, 3.05) is 10.6 Å². The predicted octanol–water partition coefficient (Wildman–Crippen LogP) is 4.96. The van der Waals surface area contributed by atoms with Crippen LogP contribution in [0, 0.1) is 0 Å². The Morgan fingerprint density at radius 3 is 2.36 bits per heavy atom. The molecule has 1 aromatic heterocycles. The van der Waals surface area contributed by atoms with E-state index < -0.39 is 18.0 Å². The fourth-order valence-corrected chi connectivity index (χ4v) is 3.93. The number of anilines is 2. The second-order valence-electron chi connectivity index (χ2n) is 7.79. The number of benzene rings is 3. The van der Waals surface area contributed by atoms with E-state index in [1.807, 2.05) is 30.3 Å². The van der Waals surface area contributed by atoms with Crippen molar-refractivity contribution in [1.82, 2.24) is 4.57 Å². The molecule has 0 saturated carbocycles. The highest BCUT2D eigenvalue weighted by atomic mass is 16.5. The minimum atomic E-state index is -1.00. The molecule has 168 valence electrons. The zero-order valence-electron chi connectivity index (χ0n) is 18.7. The molecule has 2 amide bonds. The van der Waals surface area contributed by atoms with Gasteiger partial charge in [-0.2, -0.15) is 0 Å². The van der Waals surface area contributed by atoms with E-state index in [4.69, 9.17) is 4.74 Å². The van der Waals surface area contributed by atoms with E-state index in [2.05, 4.69) is 34.3 Å². The minimum Gasteiger partial charge on any atom is -0.449 e. The van der Waals surface area contributed by atoms with Gasteiger partial charge < -0.3 is 19.9 Å². The molecule has 33 heavy (non-hydrogen) atoms. The highest BCUT2D eigenvalue weighted by molar-refractivity contribution is 6.10. The molecule has 3 aromatic carbocycles. The summed E-state index contributed by atoms with van der Waals surface area (Å²) in [5.41, 5.74) is 3.59. The zero-order valence-corrected chi connectivity index (χ0v) is 18.7. The summed E-state index contributed by atoms with van der Waals surface area (Å²) in [4.78, 5) is 36.4. The van der Waals surface area contributed by atoms with Crippen molar-refractivity contribution >= 4 is 51.0 Å². The van der Waals surface area contributed by atoms with E-state index in [9.17, 15) is 14.4 Å². The second-order valence-corrected chi connectivity index (χ2v) is 7.79. The van der Waals surface area contributed by atoms with Gasteiger partial charge in [0.1, 0.15) is 0 Å². The molecule has 4 rings (SSSR count). The number of ether oxygens (including phenoxy) is 1. The number of fused-ring (bicyclic) bond motifs is 3. The molecule has 0 radical (unpaired) electrons. The summed E-state index contributed by atoms with van der Waals surface area (Å²) in [6, 6.07) is 20.3. The number of carbonyl (C=O) groups is 3. The van der Waals surface area contributed by atoms with Crippen LogP contribution in [0.2, 0.25) is 0 Å². The number of rotatable bonds is 6. The summed E-state index contributed by atoms with van der Waals surface area (Å²) < 4.78 is 7.57. The number of nitrogens with one attached hydrogen (secondary N) is 2. The molecular formula is C26H25N3O4. The second kappa shape index (κ2) is 9.16. The molecule has 1 unspecified atom stereocenters. The quantitative estimate of drug-likeness (QED) is 0.412. The number of hydrogen-bond donors (Lipinski definition) is 2. The maximum Gasteiger partial charge on any atom is 0.338 e. The van der Waals surface area contributed by atoms with Gasteiger partial charge in [-0.1, -0.05) is 24.3 Å². The summed E-state index contributed by atoms with van der Waals surface area (Å²) in [6.45, 7) is 5.84. The SMILES string of the molecule is CCn1c2ccccc2c2cc(NC(=O)C(C)OC(=O)c3cccc(NC(C)=O)c3)ccc21. The summed E-state index contributed by atoms with van der Waals surface area (Å²) >= 11 is 0. The van der Waals surface area contributed by atoms with Gasteiger partial charge in [-0.25, -0.2) is 4.79 Å². The van der Waals surface area contributed by atoms with Crippen LogP contribution in [0.4, 0.5) is 11.4 Å². The van der Waals surface area contributed by atoms with E-state index in [1.54, 1.807) is 18.2 Å². The Hall–Kier alpha value is -4.13. The van der Waals surface area contributed by atoms with Crippen LogP contribution in [0.25, 0.3) is 21.8 Å². The Morgan fingerprint density at radius 1 is 0.879 bits per heavy atom. The Kier molecular flexibility index (Phi) is 6.13. The molecule has 1 atom stereocenters. The van der Waals surface area contributed by atoms with Crippen LogP contribution in [0.1, 0.15) is 31.1 Å². The van der Waals surface area contributed by atoms with Gasteiger partial charge in [0.25, 0.3) is 5.91 Å². The monoisotopic (exact) mass is 443 g/mol. The van der Waals surface area contributed by atoms with Crippen molar-refractivity contribution in [3.8, 4) is 0 Å². The minimum absolute atomic E-state index is 0.243. The fourth-order valence-electron chi connectivity index (χ4n) is 3.93. The Labute approximate surface area is 191 Å². The first-order valence-corrected chi connectivity index (χ1v) is 10.8. The lowest BCUT2D eigenvalue weighted by molar-refractivity contribution is -0.123. The fraction of sp³-hybridized carbons (Fsp3) is 0.192. The maximum absolute atomic E-state index is 12.7. The third-order valence-corrected chi connectivity index (χ3v) is 5.43. The van der Waals surface area contributed by atoms with Crippen LogP contribution in [-0.4, -0.2) is 28.5 Å². The highest BCUT2D eigenvalue weighted by Crippen LogP contribution is 2.31. The predicted molar refractivity (Wildman–Crippen MR) is 129 cm³/mol. The van der Waals surface area contributed by atoms with Crippen LogP contribution in [0.3, 0.4) is 0 Å². The maximum atomic E-state index is 12.7. The van der Waals surface area contributed by atoms with Crippen molar-refractivity contribution in [3.05, 3.63) is 72.3 Å². The normalized spacial score (nSPS) is 11.8. The van der Waals surface area contributed by atoms with E-state index in [-0.39, 0.29) is 11.5 Å². The number of hydrogen-bond acceptors (Lipinski definition) is 4. The van der Waals surface area contributed by atoms with Gasteiger partial charge in [-0.05, 0) is 56.3 Å². The number of para-hydroxylation sites is 1. The van der Waals surface area contributed by atoms with E-state index in [0.717, 1.165) is 28.4 Å². The van der Waals surface area contributed by atoms with Gasteiger partial charge >= 0.3 is 5.97 Å². The highest BCUT2D eigenvalue weighted by Gasteiger charge is 2.20. The Balaban J connectivity index is 1.49. The third kappa shape index (κ3) is 4.57. The first kappa shape index (κ1) is 22.1. The van der Waals surface area contributed by atoms with Gasteiger partial charge in [0.2, 0.25) is 5.91 Å². The van der Waals surface area contributed by atoms with Crippen molar-refractivity contribution < 1.29 is 19.1 Å². The molecule has 0 aliphatic heterocycles. The van der Waals surface area contributed by atoms with Crippen LogP contribution < -0.4 is 10.6 Å². The molecule has 7 heteroatoms. The third-order valence-electron chi connectivity index (χ3n) is 5.43. The smallest absolute Gasteiger partial charge is 0.338 e. The van der Waals surface area contributed by atoms with Gasteiger partial charge in [0, 0.05) is 46.6 Å². The summed E-state index contributed by atoms with van der Waals surface area (Å²) in [7, 11) is 0. The Bertz CT molecular complexity index is 1370. The molecule has 0 fully saturated rings. The molecule has 0 bridgehead atoms. The van der Waals surface area contributed by atoms with Crippen LogP contribution in [-0.2, 0) is 20.9 Å². The molecule has 4 aromatic rings. The largest absolute Gasteiger partial charge is 0.449 e. The average molecular weight is 444 g/mol. The van der Waals surface area contributed by atoms with Crippen LogP contribution in [0.5, 0.6) is 0 Å². The molecule has 7 nitrogen and oxygen atoms in total. The van der Waals surface area contributed by atoms with Gasteiger partial charge in [0.15, 0.2) is 6.10 Å². The van der Waals surface area contributed by atoms with Gasteiger partial charge in [-0.15, -0.1) is 0 Å². The van der Waals surface area contributed by atoms with Crippen molar-refractivity contribution in [1.29, 1.82) is 0 Å². The number of aryl methyl sites for hydroxylation is 1. The van der Waals surface area contributed by atoms with Gasteiger partial charge in [-0.3, -0.25) is 9.59 Å².